The van der Waals surface area contributed by atoms with Crippen molar-refractivity contribution in [2.45, 2.75) is 77.7 Å². The zero-order valence-corrected chi connectivity index (χ0v) is 20.6. The summed E-state index contributed by atoms with van der Waals surface area (Å²) in [6, 6.07) is 12.6. The monoisotopic (exact) mass is 469 g/mol. The number of aromatic hydroxyl groups is 1. The van der Waals surface area contributed by atoms with Crippen molar-refractivity contribution in [3.8, 4) is 11.5 Å². The van der Waals surface area contributed by atoms with E-state index in [-0.39, 0.29) is 24.7 Å². The number of rotatable bonds is 16. The summed E-state index contributed by atoms with van der Waals surface area (Å²) in [5, 5.41) is 12.2. The van der Waals surface area contributed by atoms with Gasteiger partial charge in [-0.05, 0) is 55.3 Å². The molecule has 0 heterocycles. The Morgan fingerprint density at radius 2 is 1.47 bits per heavy atom. The highest BCUT2D eigenvalue weighted by Crippen LogP contribution is 2.15. The minimum atomic E-state index is -0.824. The minimum Gasteiger partial charge on any atom is -0.508 e. The van der Waals surface area contributed by atoms with E-state index in [1.54, 1.807) is 55.5 Å². The van der Waals surface area contributed by atoms with Crippen LogP contribution in [0.1, 0.15) is 81.1 Å². The second-order valence-electron chi connectivity index (χ2n) is 8.50. The van der Waals surface area contributed by atoms with Gasteiger partial charge in [-0.15, -0.1) is 0 Å². The second-order valence-corrected chi connectivity index (χ2v) is 8.50. The fraction of sp³-hybridized carbons (Fsp3) is 0.500. The maximum Gasteiger partial charge on any atom is 0.328 e. The van der Waals surface area contributed by atoms with Gasteiger partial charge in [0.15, 0.2) is 0 Å². The summed E-state index contributed by atoms with van der Waals surface area (Å²) < 4.78 is 10.9. The zero-order valence-electron chi connectivity index (χ0n) is 20.6. The van der Waals surface area contributed by atoms with E-state index in [2.05, 4.69) is 12.2 Å². The van der Waals surface area contributed by atoms with Crippen LogP contribution in [0.15, 0.2) is 48.5 Å². The van der Waals surface area contributed by atoms with E-state index in [0.29, 0.717) is 12.2 Å². The van der Waals surface area contributed by atoms with Crippen molar-refractivity contribution in [3.05, 3.63) is 59.7 Å². The largest absolute Gasteiger partial charge is 0.508 e. The van der Waals surface area contributed by atoms with Gasteiger partial charge < -0.3 is 19.9 Å². The van der Waals surface area contributed by atoms with E-state index in [9.17, 15) is 14.7 Å². The van der Waals surface area contributed by atoms with Gasteiger partial charge in [0.25, 0.3) is 5.91 Å². The Morgan fingerprint density at radius 1 is 0.853 bits per heavy atom. The highest BCUT2D eigenvalue weighted by Gasteiger charge is 2.23. The summed E-state index contributed by atoms with van der Waals surface area (Å²) in [4.78, 5) is 25.1. The lowest BCUT2D eigenvalue weighted by atomic mass is 10.0. The van der Waals surface area contributed by atoms with Gasteiger partial charge in [-0.3, -0.25) is 4.79 Å². The summed E-state index contributed by atoms with van der Waals surface area (Å²) in [5.74, 6) is 0.0245. The van der Waals surface area contributed by atoms with E-state index >= 15 is 0 Å². The van der Waals surface area contributed by atoms with Crippen molar-refractivity contribution in [1.29, 1.82) is 0 Å². The highest BCUT2D eigenvalue weighted by atomic mass is 16.5. The molecule has 0 aliphatic heterocycles. The first-order valence-electron chi connectivity index (χ1n) is 12.5. The number of carbonyl (C=O) groups is 2. The highest BCUT2D eigenvalue weighted by molar-refractivity contribution is 5.97. The third-order valence-corrected chi connectivity index (χ3v) is 5.64. The Balaban J connectivity index is 1.80. The van der Waals surface area contributed by atoms with Crippen molar-refractivity contribution < 1.29 is 24.2 Å². The Bertz CT molecular complexity index is 848. The van der Waals surface area contributed by atoms with Crippen LogP contribution in [0.25, 0.3) is 0 Å². The fourth-order valence-electron chi connectivity index (χ4n) is 3.67. The van der Waals surface area contributed by atoms with Crippen molar-refractivity contribution >= 4 is 11.9 Å². The van der Waals surface area contributed by atoms with Crippen LogP contribution in [0.2, 0.25) is 0 Å². The van der Waals surface area contributed by atoms with Crippen LogP contribution in [0.3, 0.4) is 0 Å². The van der Waals surface area contributed by atoms with Crippen molar-refractivity contribution in [3.63, 3.8) is 0 Å². The number of ether oxygens (including phenoxy) is 2. The summed E-state index contributed by atoms with van der Waals surface area (Å²) in [5.41, 5.74) is 1.25. The lowest BCUT2D eigenvalue weighted by Gasteiger charge is -2.18. The minimum absolute atomic E-state index is 0.144. The summed E-state index contributed by atoms with van der Waals surface area (Å²) in [6.45, 7) is 4.85. The first-order valence-corrected chi connectivity index (χ1v) is 12.5. The average molecular weight is 470 g/mol. The number of benzene rings is 2. The topological polar surface area (TPSA) is 84.9 Å². The molecule has 6 nitrogen and oxygen atoms in total. The number of nitrogens with one attached hydrogen (secondary N) is 1. The Labute approximate surface area is 203 Å². The number of phenolic OH excluding ortho intramolecular Hbond substituents is 1. The van der Waals surface area contributed by atoms with Crippen molar-refractivity contribution in [2.24, 2.45) is 0 Å². The first kappa shape index (κ1) is 27.2. The van der Waals surface area contributed by atoms with Crippen LogP contribution in [-0.4, -0.2) is 36.2 Å². The lowest BCUT2D eigenvalue weighted by molar-refractivity contribution is -0.145. The number of carbonyl (C=O) groups excluding carboxylic acids is 2. The molecule has 0 spiro atoms. The predicted octanol–water partition coefficient (Wildman–Crippen LogP) is 5.82. The van der Waals surface area contributed by atoms with Gasteiger partial charge in [-0.1, -0.05) is 64.0 Å². The van der Waals surface area contributed by atoms with E-state index < -0.39 is 12.0 Å². The smallest absolute Gasteiger partial charge is 0.328 e. The summed E-state index contributed by atoms with van der Waals surface area (Å²) >= 11 is 0. The SMILES string of the molecule is CCCCCCCCCCOc1ccc(C(=O)NC(Cc2ccc(O)cc2)C(=O)OCC)cc1. The van der Waals surface area contributed by atoms with Crippen LogP contribution >= 0.6 is 0 Å². The number of hydrogen-bond donors (Lipinski definition) is 2. The molecule has 0 saturated carbocycles. The molecule has 0 fully saturated rings. The van der Waals surface area contributed by atoms with Crippen LogP contribution in [-0.2, 0) is 16.0 Å². The molecule has 0 aliphatic carbocycles. The Kier molecular flexibility index (Phi) is 12.6. The number of phenols is 1. The molecule has 2 aromatic carbocycles. The van der Waals surface area contributed by atoms with Gasteiger partial charge in [-0.25, -0.2) is 4.79 Å². The van der Waals surface area contributed by atoms with E-state index in [1.807, 2.05) is 0 Å². The Morgan fingerprint density at radius 3 is 2.09 bits per heavy atom. The molecule has 0 aromatic heterocycles. The molecule has 6 heteroatoms. The molecule has 1 amide bonds. The standard InChI is InChI=1S/C28H39NO5/c1-3-5-6-7-8-9-10-11-20-34-25-18-14-23(15-19-25)27(31)29-26(28(32)33-4-2)21-22-12-16-24(30)17-13-22/h12-19,26,30H,3-11,20-21H2,1-2H3,(H,29,31). The molecule has 1 atom stereocenters. The molecule has 2 rings (SSSR count). The number of hydrogen-bond acceptors (Lipinski definition) is 5. The molecule has 34 heavy (non-hydrogen) atoms. The molecule has 1 unspecified atom stereocenters. The molecular formula is C28H39NO5. The molecule has 186 valence electrons. The quantitative estimate of drug-likeness (QED) is 0.239. The second kappa shape index (κ2) is 15.8. The van der Waals surface area contributed by atoms with Gasteiger partial charge in [-0.2, -0.15) is 0 Å². The normalized spacial score (nSPS) is 11.6. The first-order chi connectivity index (χ1) is 16.5. The number of esters is 1. The molecule has 0 aliphatic rings. The molecule has 2 aromatic rings. The van der Waals surface area contributed by atoms with E-state index in [0.717, 1.165) is 17.7 Å². The molecular weight excluding hydrogens is 430 g/mol. The predicted molar refractivity (Wildman–Crippen MR) is 134 cm³/mol. The fourth-order valence-corrected chi connectivity index (χ4v) is 3.67. The van der Waals surface area contributed by atoms with Gasteiger partial charge >= 0.3 is 5.97 Å². The zero-order chi connectivity index (χ0) is 24.6. The van der Waals surface area contributed by atoms with Crippen molar-refractivity contribution in [1.82, 2.24) is 5.32 Å². The van der Waals surface area contributed by atoms with Gasteiger partial charge in [0.1, 0.15) is 17.5 Å². The molecule has 0 radical (unpaired) electrons. The number of unbranched alkanes of at least 4 members (excludes halogenated alkanes) is 7. The average Bonchev–Trinajstić information content (AvgIpc) is 2.84. The van der Waals surface area contributed by atoms with Gasteiger partial charge in [0, 0.05) is 12.0 Å². The maximum atomic E-state index is 12.7. The lowest BCUT2D eigenvalue weighted by Crippen LogP contribution is -2.43. The maximum absolute atomic E-state index is 12.7. The molecule has 2 N–H and O–H groups in total. The third-order valence-electron chi connectivity index (χ3n) is 5.64. The van der Waals surface area contributed by atoms with Crippen molar-refractivity contribution in [2.75, 3.05) is 13.2 Å². The van der Waals surface area contributed by atoms with Gasteiger partial charge in [0.2, 0.25) is 0 Å². The van der Waals surface area contributed by atoms with E-state index in [4.69, 9.17) is 9.47 Å². The van der Waals surface area contributed by atoms with Gasteiger partial charge in [0.05, 0.1) is 13.2 Å². The molecule has 0 saturated heterocycles. The van der Waals surface area contributed by atoms with Crippen LogP contribution < -0.4 is 10.1 Å². The van der Waals surface area contributed by atoms with Crippen LogP contribution in [0.4, 0.5) is 0 Å². The Hall–Kier alpha value is -3.02. The third kappa shape index (κ3) is 10.3. The molecule has 0 bridgehead atoms. The summed E-state index contributed by atoms with van der Waals surface area (Å²) in [7, 11) is 0. The van der Waals surface area contributed by atoms with Crippen LogP contribution in [0.5, 0.6) is 11.5 Å². The van der Waals surface area contributed by atoms with E-state index in [1.165, 1.54) is 44.9 Å². The summed E-state index contributed by atoms with van der Waals surface area (Å²) in [6.07, 6.45) is 10.3. The number of amides is 1. The van der Waals surface area contributed by atoms with Crippen LogP contribution in [0, 0.1) is 0 Å².